The highest BCUT2D eigenvalue weighted by atomic mass is 16.6. The van der Waals surface area contributed by atoms with E-state index in [-0.39, 0.29) is 23.5 Å². The number of nitro benzene ring substituents is 1. The highest BCUT2D eigenvalue weighted by Crippen LogP contribution is 2.24. The van der Waals surface area contributed by atoms with E-state index in [1.807, 2.05) is 0 Å². The largest absolute Gasteiger partial charge is 0.481 e. The molecule has 9 nitrogen and oxygen atoms in total. The molecule has 1 aromatic carbocycles. The minimum Gasteiger partial charge on any atom is -0.481 e. The van der Waals surface area contributed by atoms with Gasteiger partial charge in [-0.25, -0.2) is 4.98 Å². The molecule has 0 radical (unpaired) electrons. The summed E-state index contributed by atoms with van der Waals surface area (Å²) in [5, 5.41) is 20.2. The quantitative estimate of drug-likeness (QED) is 0.633. The number of hydrogen-bond donors (Lipinski definition) is 1. The third-order valence-electron chi connectivity index (χ3n) is 3.52. The smallest absolute Gasteiger partial charge is 0.308 e. The van der Waals surface area contributed by atoms with Crippen molar-refractivity contribution >= 4 is 17.6 Å². The van der Waals surface area contributed by atoms with Gasteiger partial charge in [0.05, 0.1) is 17.2 Å². The summed E-state index contributed by atoms with van der Waals surface area (Å²) in [7, 11) is 1.46. The Labute approximate surface area is 137 Å². The molecule has 0 aliphatic rings. The summed E-state index contributed by atoms with van der Waals surface area (Å²) < 4.78 is 1.47. The molecular weight excluding hydrogens is 316 g/mol. The maximum absolute atomic E-state index is 12.4. The lowest BCUT2D eigenvalue weighted by Gasteiger charge is -2.19. The fraction of sp³-hybridized carbons (Fsp3) is 0.267. The van der Waals surface area contributed by atoms with Gasteiger partial charge in [-0.2, -0.15) is 0 Å². The zero-order chi connectivity index (χ0) is 17.9. The highest BCUT2D eigenvalue weighted by Gasteiger charge is 2.22. The predicted octanol–water partition coefficient (Wildman–Crippen LogP) is 1.57. The van der Waals surface area contributed by atoms with E-state index in [2.05, 4.69) is 4.98 Å². The molecule has 1 unspecified atom stereocenters. The SMILES string of the molecule is CC(CN(C)C(=O)c1ccc(-n2ccnc2)c([N+](=O)[O-])c1)C(=O)O. The van der Waals surface area contributed by atoms with Gasteiger partial charge in [-0.3, -0.25) is 19.7 Å². The van der Waals surface area contributed by atoms with Crippen molar-refractivity contribution in [3.63, 3.8) is 0 Å². The van der Waals surface area contributed by atoms with Crippen molar-refractivity contribution < 1.29 is 19.6 Å². The van der Waals surface area contributed by atoms with Crippen molar-refractivity contribution in [1.29, 1.82) is 0 Å². The van der Waals surface area contributed by atoms with Gasteiger partial charge in [-0.15, -0.1) is 0 Å². The first-order valence-corrected chi connectivity index (χ1v) is 7.06. The van der Waals surface area contributed by atoms with Crippen molar-refractivity contribution in [2.45, 2.75) is 6.92 Å². The lowest BCUT2D eigenvalue weighted by atomic mass is 10.1. The molecule has 1 N–H and O–H groups in total. The Balaban J connectivity index is 2.31. The van der Waals surface area contributed by atoms with Crippen LogP contribution < -0.4 is 0 Å². The average molecular weight is 332 g/mol. The van der Waals surface area contributed by atoms with E-state index in [4.69, 9.17) is 5.11 Å². The van der Waals surface area contributed by atoms with Crippen molar-refractivity contribution in [1.82, 2.24) is 14.5 Å². The van der Waals surface area contributed by atoms with Gasteiger partial charge in [0.25, 0.3) is 11.6 Å². The van der Waals surface area contributed by atoms with Crippen molar-refractivity contribution in [3.05, 3.63) is 52.6 Å². The van der Waals surface area contributed by atoms with Crippen molar-refractivity contribution in [2.24, 2.45) is 5.92 Å². The molecular formula is C15H16N4O5. The van der Waals surface area contributed by atoms with Crippen LogP contribution in [0.5, 0.6) is 0 Å². The number of carbonyl (C=O) groups is 2. The van der Waals surface area contributed by atoms with Crippen LogP contribution in [0.1, 0.15) is 17.3 Å². The minimum absolute atomic E-state index is 0.00519. The molecule has 1 amide bonds. The van der Waals surface area contributed by atoms with Gasteiger partial charge in [0.2, 0.25) is 0 Å². The fourth-order valence-corrected chi connectivity index (χ4v) is 2.21. The van der Waals surface area contributed by atoms with Crippen LogP contribution >= 0.6 is 0 Å². The normalized spacial score (nSPS) is 11.8. The van der Waals surface area contributed by atoms with Gasteiger partial charge in [0.15, 0.2) is 0 Å². The monoisotopic (exact) mass is 332 g/mol. The van der Waals surface area contributed by atoms with E-state index in [1.165, 1.54) is 54.2 Å². The van der Waals surface area contributed by atoms with Crippen LogP contribution in [0.15, 0.2) is 36.9 Å². The Bertz CT molecular complexity index is 772. The van der Waals surface area contributed by atoms with Crippen LogP contribution in [0.3, 0.4) is 0 Å². The van der Waals surface area contributed by atoms with Crippen LogP contribution in [0.2, 0.25) is 0 Å². The second-order valence-electron chi connectivity index (χ2n) is 5.36. The number of aromatic nitrogens is 2. The Morgan fingerprint density at radius 1 is 1.46 bits per heavy atom. The van der Waals surface area contributed by atoms with E-state index in [9.17, 15) is 19.7 Å². The second-order valence-corrected chi connectivity index (χ2v) is 5.36. The Morgan fingerprint density at radius 2 is 2.17 bits per heavy atom. The van der Waals surface area contributed by atoms with Crippen LogP contribution in [-0.2, 0) is 4.79 Å². The number of rotatable bonds is 6. The Kier molecular flexibility index (Phi) is 4.93. The van der Waals surface area contributed by atoms with Gasteiger partial charge in [0.1, 0.15) is 5.69 Å². The lowest BCUT2D eigenvalue weighted by molar-refractivity contribution is -0.384. The zero-order valence-electron chi connectivity index (χ0n) is 13.1. The molecule has 126 valence electrons. The molecule has 0 spiro atoms. The van der Waals surface area contributed by atoms with Gasteiger partial charge in [-0.05, 0) is 12.1 Å². The van der Waals surface area contributed by atoms with Crippen LogP contribution in [0, 0.1) is 16.0 Å². The molecule has 1 heterocycles. The first-order chi connectivity index (χ1) is 11.3. The standard InChI is InChI=1S/C15H16N4O5/c1-10(15(21)22)8-17(2)14(20)11-3-4-12(13(7-11)19(23)24)18-6-5-16-9-18/h3-7,9-10H,8H2,1-2H3,(H,21,22). The summed E-state index contributed by atoms with van der Waals surface area (Å²) in [6.45, 7) is 1.49. The molecule has 9 heteroatoms. The van der Waals surface area contributed by atoms with Gasteiger partial charge >= 0.3 is 5.97 Å². The second kappa shape index (κ2) is 6.90. The maximum atomic E-state index is 12.4. The number of carbonyl (C=O) groups excluding carboxylic acids is 1. The Hall–Kier alpha value is -3.23. The third-order valence-corrected chi connectivity index (χ3v) is 3.52. The zero-order valence-corrected chi connectivity index (χ0v) is 13.1. The molecule has 1 aromatic heterocycles. The Morgan fingerprint density at radius 3 is 2.71 bits per heavy atom. The first-order valence-electron chi connectivity index (χ1n) is 7.06. The molecule has 0 saturated heterocycles. The van der Waals surface area contributed by atoms with Crippen molar-refractivity contribution in [2.75, 3.05) is 13.6 Å². The molecule has 0 aliphatic carbocycles. The fourth-order valence-electron chi connectivity index (χ4n) is 2.21. The molecule has 2 rings (SSSR count). The topological polar surface area (TPSA) is 119 Å². The van der Waals surface area contributed by atoms with Crippen molar-refractivity contribution in [3.8, 4) is 5.69 Å². The number of benzene rings is 1. The van der Waals surface area contributed by atoms with Crippen LogP contribution in [0.25, 0.3) is 5.69 Å². The molecule has 0 bridgehead atoms. The van der Waals surface area contributed by atoms with Gasteiger partial charge in [-0.1, -0.05) is 6.92 Å². The van der Waals surface area contributed by atoms with E-state index in [0.29, 0.717) is 0 Å². The number of carboxylic acids is 1. The number of nitrogens with zero attached hydrogens (tertiary/aromatic N) is 4. The summed E-state index contributed by atoms with van der Waals surface area (Å²) in [5.41, 5.74) is 0.166. The summed E-state index contributed by atoms with van der Waals surface area (Å²) in [5.74, 6) is -2.24. The number of carboxylic acid groups (broad SMARTS) is 1. The molecule has 2 aromatic rings. The average Bonchev–Trinajstić information content (AvgIpc) is 3.07. The van der Waals surface area contributed by atoms with Gasteiger partial charge < -0.3 is 14.6 Å². The third kappa shape index (κ3) is 3.57. The van der Waals surface area contributed by atoms with Gasteiger partial charge in [0, 0.05) is 37.6 Å². The summed E-state index contributed by atoms with van der Waals surface area (Å²) in [6.07, 6.45) is 4.47. The molecule has 0 aliphatic heterocycles. The summed E-state index contributed by atoms with van der Waals surface area (Å²) in [4.78, 5) is 39.0. The number of nitro groups is 1. The number of amides is 1. The molecule has 24 heavy (non-hydrogen) atoms. The number of hydrogen-bond acceptors (Lipinski definition) is 5. The van der Waals surface area contributed by atoms with Crippen LogP contribution in [-0.4, -0.2) is 49.9 Å². The summed E-state index contributed by atoms with van der Waals surface area (Å²) >= 11 is 0. The minimum atomic E-state index is -1.02. The van der Waals surface area contributed by atoms with Crippen LogP contribution in [0.4, 0.5) is 5.69 Å². The van der Waals surface area contributed by atoms with E-state index < -0.39 is 22.7 Å². The number of aliphatic carboxylic acids is 1. The first kappa shape index (κ1) is 17.1. The molecule has 0 saturated carbocycles. The molecule has 1 atom stereocenters. The summed E-state index contributed by atoms with van der Waals surface area (Å²) in [6, 6.07) is 4.10. The lowest BCUT2D eigenvalue weighted by Crippen LogP contribution is -2.33. The van der Waals surface area contributed by atoms with E-state index in [0.717, 1.165) is 0 Å². The molecule has 0 fully saturated rings. The van der Waals surface area contributed by atoms with E-state index >= 15 is 0 Å². The van der Waals surface area contributed by atoms with E-state index in [1.54, 1.807) is 6.20 Å². The highest BCUT2D eigenvalue weighted by molar-refractivity contribution is 5.95. The number of imidazole rings is 1. The predicted molar refractivity (Wildman–Crippen MR) is 84.0 cm³/mol. The maximum Gasteiger partial charge on any atom is 0.308 e.